The van der Waals surface area contributed by atoms with E-state index in [1.807, 2.05) is 0 Å². The molecule has 2 heteroatoms. The van der Waals surface area contributed by atoms with Gasteiger partial charge in [-0.05, 0) is 37.4 Å². The Hall–Kier alpha value is -0.860. The standard InChI is InChI=1S/C16H26N2/c1-14(2)11-17-16-9-6-10-18(13-16)12-15-7-4-3-5-8-15/h3-5,7-8,14,16-17H,6,9-13H2,1-2H3. The molecule has 1 aromatic rings. The van der Waals surface area contributed by atoms with Gasteiger partial charge in [-0.2, -0.15) is 0 Å². The zero-order valence-electron chi connectivity index (χ0n) is 11.7. The third-order valence-corrected chi connectivity index (χ3v) is 3.57. The van der Waals surface area contributed by atoms with Crippen LogP contribution < -0.4 is 5.32 Å². The highest BCUT2D eigenvalue weighted by Gasteiger charge is 2.19. The van der Waals surface area contributed by atoms with E-state index in [1.165, 1.54) is 31.5 Å². The Morgan fingerprint density at radius 3 is 2.78 bits per heavy atom. The number of nitrogens with zero attached hydrogens (tertiary/aromatic N) is 1. The van der Waals surface area contributed by atoms with Crippen LogP contribution in [0.3, 0.4) is 0 Å². The largest absolute Gasteiger partial charge is 0.312 e. The van der Waals surface area contributed by atoms with Crippen LogP contribution in [0.5, 0.6) is 0 Å². The normalized spacial score (nSPS) is 21.4. The third-order valence-electron chi connectivity index (χ3n) is 3.57. The van der Waals surface area contributed by atoms with Gasteiger partial charge in [0.15, 0.2) is 0 Å². The van der Waals surface area contributed by atoms with E-state index in [9.17, 15) is 0 Å². The van der Waals surface area contributed by atoms with E-state index in [4.69, 9.17) is 0 Å². The fourth-order valence-electron chi connectivity index (χ4n) is 2.61. The van der Waals surface area contributed by atoms with Crippen molar-refractivity contribution in [2.24, 2.45) is 5.92 Å². The van der Waals surface area contributed by atoms with Crippen molar-refractivity contribution in [1.82, 2.24) is 10.2 Å². The molecule has 1 saturated heterocycles. The Bertz CT molecular complexity index is 334. The highest BCUT2D eigenvalue weighted by molar-refractivity contribution is 5.14. The number of benzene rings is 1. The Kier molecular flexibility index (Phi) is 5.21. The SMILES string of the molecule is CC(C)CNC1CCCN(Cc2ccccc2)C1. The molecule has 0 spiro atoms. The molecule has 1 unspecified atom stereocenters. The Morgan fingerprint density at radius 2 is 2.06 bits per heavy atom. The quantitative estimate of drug-likeness (QED) is 0.859. The summed E-state index contributed by atoms with van der Waals surface area (Å²) in [6.45, 7) is 9.23. The zero-order chi connectivity index (χ0) is 12.8. The van der Waals surface area contributed by atoms with Crippen molar-refractivity contribution in [3.8, 4) is 0 Å². The molecule has 1 aromatic carbocycles. The van der Waals surface area contributed by atoms with Gasteiger partial charge in [-0.3, -0.25) is 4.90 Å². The highest BCUT2D eigenvalue weighted by Crippen LogP contribution is 2.13. The summed E-state index contributed by atoms with van der Waals surface area (Å²) < 4.78 is 0. The van der Waals surface area contributed by atoms with Crippen LogP contribution in [0.15, 0.2) is 30.3 Å². The van der Waals surface area contributed by atoms with Crippen LogP contribution in [0.2, 0.25) is 0 Å². The van der Waals surface area contributed by atoms with Gasteiger partial charge in [-0.15, -0.1) is 0 Å². The van der Waals surface area contributed by atoms with E-state index in [0.29, 0.717) is 6.04 Å². The average Bonchev–Trinajstić information content (AvgIpc) is 2.38. The van der Waals surface area contributed by atoms with Crippen LogP contribution in [-0.4, -0.2) is 30.6 Å². The monoisotopic (exact) mass is 246 g/mol. The lowest BCUT2D eigenvalue weighted by Gasteiger charge is -2.33. The first-order chi connectivity index (χ1) is 8.74. The van der Waals surface area contributed by atoms with Crippen molar-refractivity contribution in [2.75, 3.05) is 19.6 Å². The van der Waals surface area contributed by atoms with Crippen LogP contribution in [0, 0.1) is 5.92 Å². The molecule has 1 aliphatic heterocycles. The first kappa shape index (κ1) is 13.6. The summed E-state index contributed by atoms with van der Waals surface area (Å²) in [4.78, 5) is 2.58. The number of piperidine rings is 1. The van der Waals surface area contributed by atoms with Gasteiger partial charge in [0.1, 0.15) is 0 Å². The van der Waals surface area contributed by atoms with E-state index >= 15 is 0 Å². The Labute approximate surface area is 111 Å². The van der Waals surface area contributed by atoms with E-state index in [2.05, 4.69) is 54.4 Å². The predicted octanol–water partition coefficient (Wildman–Crippen LogP) is 2.90. The molecule has 100 valence electrons. The summed E-state index contributed by atoms with van der Waals surface area (Å²) in [5.41, 5.74) is 1.43. The van der Waals surface area contributed by atoms with Crippen molar-refractivity contribution in [2.45, 2.75) is 39.3 Å². The predicted molar refractivity (Wildman–Crippen MR) is 77.6 cm³/mol. The van der Waals surface area contributed by atoms with Crippen molar-refractivity contribution < 1.29 is 0 Å². The molecule has 1 fully saturated rings. The second kappa shape index (κ2) is 6.91. The van der Waals surface area contributed by atoms with Gasteiger partial charge in [-0.1, -0.05) is 44.2 Å². The minimum atomic E-state index is 0.685. The van der Waals surface area contributed by atoms with Crippen molar-refractivity contribution in [1.29, 1.82) is 0 Å². The van der Waals surface area contributed by atoms with E-state index in [1.54, 1.807) is 0 Å². The summed E-state index contributed by atoms with van der Waals surface area (Å²) >= 11 is 0. The van der Waals surface area contributed by atoms with Crippen LogP contribution >= 0.6 is 0 Å². The second-order valence-corrected chi connectivity index (χ2v) is 5.86. The van der Waals surface area contributed by atoms with Crippen LogP contribution in [0.25, 0.3) is 0 Å². The molecule has 1 N–H and O–H groups in total. The second-order valence-electron chi connectivity index (χ2n) is 5.86. The number of hydrogen-bond donors (Lipinski definition) is 1. The average molecular weight is 246 g/mol. The third kappa shape index (κ3) is 4.43. The summed E-state index contributed by atoms with van der Waals surface area (Å²) in [5.74, 6) is 0.745. The Morgan fingerprint density at radius 1 is 1.28 bits per heavy atom. The maximum atomic E-state index is 3.70. The summed E-state index contributed by atoms with van der Waals surface area (Å²) in [7, 11) is 0. The fraction of sp³-hybridized carbons (Fsp3) is 0.625. The smallest absolute Gasteiger partial charge is 0.0234 e. The van der Waals surface area contributed by atoms with Crippen molar-refractivity contribution in [3.05, 3.63) is 35.9 Å². The van der Waals surface area contributed by atoms with E-state index < -0.39 is 0 Å². The molecule has 0 aliphatic carbocycles. The molecule has 0 bridgehead atoms. The van der Waals surface area contributed by atoms with E-state index in [-0.39, 0.29) is 0 Å². The number of hydrogen-bond acceptors (Lipinski definition) is 2. The summed E-state index contributed by atoms with van der Waals surface area (Å²) in [6.07, 6.45) is 2.65. The van der Waals surface area contributed by atoms with Gasteiger partial charge in [0.2, 0.25) is 0 Å². The molecule has 2 nitrogen and oxygen atoms in total. The topological polar surface area (TPSA) is 15.3 Å². The Balaban J connectivity index is 1.79. The van der Waals surface area contributed by atoms with Gasteiger partial charge in [0.25, 0.3) is 0 Å². The van der Waals surface area contributed by atoms with Gasteiger partial charge in [0.05, 0.1) is 0 Å². The zero-order valence-corrected chi connectivity index (χ0v) is 11.7. The van der Waals surface area contributed by atoms with Crippen LogP contribution in [0.1, 0.15) is 32.3 Å². The van der Waals surface area contributed by atoms with Gasteiger partial charge < -0.3 is 5.32 Å². The lowest BCUT2D eigenvalue weighted by Crippen LogP contribution is -2.46. The van der Waals surface area contributed by atoms with Gasteiger partial charge in [-0.25, -0.2) is 0 Å². The molecule has 0 saturated carbocycles. The molecule has 0 aromatic heterocycles. The number of rotatable bonds is 5. The van der Waals surface area contributed by atoms with Crippen LogP contribution in [0.4, 0.5) is 0 Å². The molecule has 1 heterocycles. The highest BCUT2D eigenvalue weighted by atomic mass is 15.2. The van der Waals surface area contributed by atoms with Gasteiger partial charge in [0, 0.05) is 19.1 Å². The molecule has 18 heavy (non-hydrogen) atoms. The lowest BCUT2D eigenvalue weighted by atomic mass is 10.0. The van der Waals surface area contributed by atoms with Crippen molar-refractivity contribution >= 4 is 0 Å². The van der Waals surface area contributed by atoms with Crippen LogP contribution in [-0.2, 0) is 6.54 Å². The number of likely N-dealkylation sites (tertiary alicyclic amines) is 1. The molecule has 0 amide bonds. The maximum absolute atomic E-state index is 3.70. The number of nitrogens with one attached hydrogen (secondary N) is 1. The van der Waals surface area contributed by atoms with Gasteiger partial charge >= 0.3 is 0 Å². The van der Waals surface area contributed by atoms with Crippen molar-refractivity contribution in [3.63, 3.8) is 0 Å². The molecular formula is C16H26N2. The first-order valence-electron chi connectivity index (χ1n) is 7.23. The minimum Gasteiger partial charge on any atom is -0.312 e. The molecule has 0 radical (unpaired) electrons. The fourth-order valence-corrected chi connectivity index (χ4v) is 2.61. The summed E-state index contributed by atoms with van der Waals surface area (Å²) in [6, 6.07) is 11.5. The minimum absolute atomic E-state index is 0.685. The summed E-state index contributed by atoms with van der Waals surface area (Å²) in [5, 5.41) is 3.70. The lowest BCUT2D eigenvalue weighted by molar-refractivity contribution is 0.181. The molecule has 1 aliphatic rings. The first-order valence-corrected chi connectivity index (χ1v) is 7.23. The molecule has 2 rings (SSSR count). The molecular weight excluding hydrogens is 220 g/mol. The molecule has 1 atom stereocenters. The maximum Gasteiger partial charge on any atom is 0.0234 e. The van der Waals surface area contributed by atoms with E-state index in [0.717, 1.165) is 19.0 Å².